The molecule has 0 atom stereocenters. The Hall–Kier alpha value is -1.25. The van der Waals surface area contributed by atoms with Crippen molar-refractivity contribution in [1.82, 2.24) is 0 Å². The molecule has 0 aliphatic heterocycles. The van der Waals surface area contributed by atoms with Crippen molar-refractivity contribution in [3.63, 3.8) is 0 Å². The molecular weight excluding hydrogens is 379 g/mol. The number of phenolic OH excluding ortho intramolecular Hbond substituents is 1. The number of carbonyl (C=O) groups excluding carboxylic acids is 1. The topological polar surface area (TPSA) is 37.3 Å². The van der Waals surface area contributed by atoms with Crippen molar-refractivity contribution in [2.45, 2.75) is 78.6 Å². The quantitative estimate of drug-likeness (QED) is 0.587. The molecule has 1 aromatic carbocycles. The van der Waals surface area contributed by atoms with Gasteiger partial charge in [0.05, 0.1) is 10.1 Å². The third kappa shape index (κ3) is 4.78. The van der Waals surface area contributed by atoms with E-state index in [1.54, 1.807) is 0 Å². The number of carbonyl (C=O) groups is 1. The molecule has 0 saturated heterocycles. The minimum Gasteiger partial charge on any atom is -0.507 e. The van der Waals surface area contributed by atoms with Crippen LogP contribution in [-0.2, 0) is 22.0 Å². The van der Waals surface area contributed by atoms with Crippen molar-refractivity contribution < 1.29 is 9.90 Å². The summed E-state index contributed by atoms with van der Waals surface area (Å²) in [4.78, 5) is 12.7. The van der Waals surface area contributed by atoms with E-state index in [-0.39, 0.29) is 16.6 Å². The number of hydrogen-bond acceptors (Lipinski definition) is 2. The Bertz CT molecular complexity index is 796. The summed E-state index contributed by atoms with van der Waals surface area (Å²) in [6.07, 6.45) is 1.52. The van der Waals surface area contributed by atoms with Crippen LogP contribution < -0.4 is 0 Å². The second kappa shape index (κ2) is 7.64. The fraction of sp³-hybridized carbons (Fsp3) is 0.522. The number of benzene rings is 1. The SMILES string of the molecule is CC1=C(Cl)C(Cl)=C(C(=O)CCc2cc(C(C)(C)C)c(O)c(C(C)(C)C)c2)C1. The van der Waals surface area contributed by atoms with E-state index in [0.29, 0.717) is 40.6 Å². The van der Waals surface area contributed by atoms with Crippen molar-refractivity contribution >= 4 is 29.0 Å². The highest BCUT2D eigenvalue weighted by atomic mass is 35.5. The predicted octanol–water partition coefficient (Wildman–Crippen LogP) is 6.90. The number of halogens is 2. The van der Waals surface area contributed by atoms with Crippen LogP contribution in [0.15, 0.2) is 33.3 Å². The van der Waals surface area contributed by atoms with E-state index in [0.717, 1.165) is 22.3 Å². The summed E-state index contributed by atoms with van der Waals surface area (Å²) < 4.78 is 0. The number of ketones is 1. The zero-order valence-corrected chi connectivity index (χ0v) is 18.9. The Balaban J connectivity index is 2.31. The molecule has 0 aromatic heterocycles. The van der Waals surface area contributed by atoms with Crippen LogP contribution in [-0.4, -0.2) is 10.9 Å². The van der Waals surface area contributed by atoms with Gasteiger partial charge in [-0.05, 0) is 52.9 Å². The second-order valence-electron chi connectivity index (χ2n) is 9.53. The fourth-order valence-corrected chi connectivity index (χ4v) is 3.87. The lowest BCUT2D eigenvalue weighted by molar-refractivity contribution is -0.115. The van der Waals surface area contributed by atoms with Gasteiger partial charge >= 0.3 is 0 Å². The summed E-state index contributed by atoms with van der Waals surface area (Å²) in [6.45, 7) is 14.4. The van der Waals surface area contributed by atoms with Crippen molar-refractivity contribution in [2.75, 3.05) is 0 Å². The number of aromatic hydroxyl groups is 1. The monoisotopic (exact) mass is 408 g/mol. The highest BCUT2D eigenvalue weighted by Crippen LogP contribution is 2.41. The van der Waals surface area contributed by atoms with Crippen molar-refractivity contribution in [3.05, 3.63) is 50.0 Å². The molecule has 27 heavy (non-hydrogen) atoms. The van der Waals surface area contributed by atoms with Crippen LogP contribution >= 0.6 is 23.2 Å². The second-order valence-corrected chi connectivity index (χ2v) is 10.3. The maximum Gasteiger partial charge on any atom is 0.161 e. The van der Waals surface area contributed by atoms with E-state index >= 15 is 0 Å². The molecule has 0 fully saturated rings. The maximum atomic E-state index is 12.7. The van der Waals surface area contributed by atoms with Crippen molar-refractivity contribution in [3.8, 4) is 5.75 Å². The first kappa shape index (κ1) is 22.0. The smallest absolute Gasteiger partial charge is 0.161 e. The molecule has 2 rings (SSSR count). The molecular formula is C23H30Cl2O2. The van der Waals surface area contributed by atoms with Crippen molar-refractivity contribution in [2.24, 2.45) is 0 Å². The molecule has 148 valence electrons. The Labute approximate surface area is 173 Å². The lowest BCUT2D eigenvalue weighted by Gasteiger charge is -2.28. The molecule has 0 unspecified atom stereocenters. The molecule has 0 bridgehead atoms. The molecule has 0 spiro atoms. The standard InChI is InChI=1S/C23H30Cl2O2/c1-13-10-15(20(25)19(13)24)18(26)9-8-14-11-16(22(2,3)4)21(27)17(12-14)23(5,6)7/h11-12,27H,8-10H2,1-7H3. The summed E-state index contributed by atoms with van der Waals surface area (Å²) in [5, 5.41) is 11.7. The number of rotatable bonds is 4. The average molecular weight is 409 g/mol. The summed E-state index contributed by atoms with van der Waals surface area (Å²) in [5.41, 5.74) is 4.07. The first-order valence-electron chi connectivity index (χ1n) is 9.37. The van der Waals surface area contributed by atoms with E-state index < -0.39 is 0 Å². The summed E-state index contributed by atoms with van der Waals surface area (Å²) >= 11 is 12.4. The van der Waals surface area contributed by atoms with Gasteiger partial charge in [-0.1, -0.05) is 76.9 Å². The number of aryl methyl sites for hydroxylation is 1. The minimum atomic E-state index is -0.185. The fourth-order valence-electron chi connectivity index (χ4n) is 3.35. The third-order valence-electron chi connectivity index (χ3n) is 5.04. The van der Waals surface area contributed by atoms with Gasteiger partial charge in [0.2, 0.25) is 0 Å². The molecule has 1 aromatic rings. The molecule has 0 heterocycles. The van der Waals surface area contributed by atoms with Crippen molar-refractivity contribution in [1.29, 1.82) is 0 Å². The van der Waals surface area contributed by atoms with Crippen LogP contribution in [0.2, 0.25) is 0 Å². The van der Waals surface area contributed by atoms with E-state index in [1.807, 2.05) is 19.1 Å². The number of Topliss-reactive ketones (excluding diaryl/α,β-unsaturated/α-hetero) is 1. The minimum absolute atomic E-state index is 0.0395. The van der Waals surface area contributed by atoms with Crippen LogP contribution in [0.25, 0.3) is 0 Å². The van der Waals surface area contributed by atoms with Gasteiger partial charge in [-0.25, -0.2) is 0 Å². The summed E-state index contributed by atoms with van der Waals surface area (Å²) in [6, 6.07) is 4.05. The largest absolute Gasteiger partial charge is 0.507 e. The van der Waals surface area contributed by atoms with E-state index in [2.05, 4.69) is 41.5 Å². The molecule has 1 aliphatic carbocycles. The van der Waals surface area contributed by atoms with Crippen LogP contribution in [0.3, 0.4) is 0 Å². The first-order chi connectivity index (χ1) is 12.2. The van der Waals surface area contributed by atoms with E-state index in [9.17, 15) is 9.90 Å². The Morgan fingerprint density at radius 3 is 1.85 bits per heavy atom. The molecule has 2 nitrogen and oxygen atoms in total. The normalized spacial score (nSPS) is 15.7. The Kier molecular flexibility index (Phi) is 6.24. The number of hydrogen-bond donors (Lipinski definition) is 1. The van der Waals surface area contributed by atoms with E-state index in [1.165, 1.54) is 0 Å². The lowest BCUT2D eigenvalue weighted by atomic mass is 9.78. The predicted molar refractivity (Wildman–Crippen MR) is 115 cm³/mol. The highest BCUT2D eigenvalue weighted by molar-refractivity contribution is 6.46. The zero-order valence-electron chi connectivity index (χ0n) is 17.4. The summed E-state index contributed by atoms with van der Waals surface area (Å²) in [5.74, 6) is 0.399. The molecule has 4 heteroatoms. The molecule has 0 amide bonds. The van der Waals surface area contributed by atoms with Crippen LogP contribution in [0.1, 0.15) is 78.0 Å². The maximum absolute atomic E-state index is 12.7. The Morgan fingerprint density at radius 2 is 1.48 bits per heavy atom. The van der Waals surface area contributed by atoms with Crippen LogP contribution in [0.5, 0.6) is 5.75 Å². The third-order valence-corrected chi connectivity index (χ3v) is 6.06. The van der Waals surface area contributed by atoms with Gasteiger partial charge in [0.15, 0.2) is 5.78 Å². The zero-order chi connectivity index (χ0) is 20.7. The highest BCUT2D eigenvalue weighted by Gasteiger charge is 2.27. The Morgan fingerprint density at radius 1 is 1.00 bits per heavy atom. The van der Waals surface area contributed by atoms with Gasteiger partial charge in [0.25, 0.3) is 0 Å². The molecule has 0 saturated carbocycles. The molecule has 1 aliphatic rings. The van der Waals surface area contributed by atoms with Gasteiger partial charge in [-0.3, -0.25) is 4.79 Å². The van der Waals surface area contributed by atoms with Gasteiger partial charge < -0.3 is 5.11 Å². The first-order valence-corrected chi connectivity index (χ1v) is 10.1. The van der Waals surface area contributed by atoms with Gasteiger partial charge in [-0.15, -0.1) is 0 Å². The van der Waals surface area contributed by atoms with Crippen LogP contribution in [0, 0.1) is 0 Å². The molecule has 1 N–H and O–H groups in total. The lowest BCUT2D eigenvalue weighted by Crippen LogP contribution is -2.18. The van der Waals surface area contributed by atoms with Gasteiger partial charge in [0.1, 0.15) is 5.75 Å². The van der Waals surface area contributed by atoms with Gasteiger partial charge in [-0.2, -0.15) is 0 Å². The van der Waals surface area contributed by atoms with E-state index in [4.69, 9.17) is 23.2 Å². The number of phenols is 1. The molecule has 0 radical (unpaired) electrons. The summed E-state index contributed by atoms with van der Waals surface area (Å²) in [7, 11) is 0. The van der Waals surface area contributed by atoms with Crippen LogP contribution in [0.4, 0.5) is 0 Å². The van der Waals surface area contributed by atoms with Gasteiger partial charge in [0, 0.05) is 12.0 Å². The number of allylic oxidation sites excluding steroid dienone is 4. The average Bonchev–Trinajstić information content (AvgIpc) is 2.79.